The quantitative estimate of drug-likeness (QED) is 0.312. The van der Waals surface area contributed by atoms with Gasteiger partial charge < -0.3 is 9.31 Å². The zero-order valence-corrected chi connectivity index (χ0v) is 19.9. The Morgan fingerprint density at radius 2 is 1.35 bits per heavy atom. The van der Waals surface area contributed by atoms with Crippen molar-refractivity contribution < 1.29 is 9.31 Å². The number of rotatable bonds is 3. The van der Waals surface area contributed by atoms with E-state index < -0.39 is 0 Å². The third kappa shape index (κ3) is 3.27. The van der Waals surface area contributed by atoms with Crippen LogP contribution in [-0.2, 0) is 9.31 Å². The second kappa shape index (κ2) is 7.56. The van der Waals surface area contributed by atoms with Gasteiger partial charge in [-0.25, -0.2) is 4.98 Å². The van der Waals surface area contributed by atoms with E-state index in [0.29, 0.717) is 0 Å². The molecule has 0 N–H and O–H groups in total. The minimum atomic E-state index is -0.379. The Morgan fingerprint density at radius 1 is 0.706 bits per heavy atom. The normalized spacial score (nSPS) is 17.0. The number of imidazole rings is 1. The number of hydrogen-bond donors (Lipinski definition) is 0. The van der Waals surface area contributed by atoms with E-state index >= 15 is 0 Å². The van der Waals surface area contributed by atoms with Gasteiger partial charge in [0.25, 0.3) is 0 Å². The Kier molecular flexibility index (Phi) is 4.70. The fraction of sp³-hybridized carbons (Fsp3) is 0.207. The molecule has 0 unspecified atom stereocenters. The topological polar surface area (TPSA) is 36.3 Å². The summed E-state index contributed by atoms with van der Waals surface area (Å²) in [5.74, 6) is 0.915. The second-order valence-corrected chi connectivity index (χ2v) is 9.97. The lowest BCUT2D eigenvalue weighted by atomic mass is 9.79. The van der Waals surface area contributed by atoms with Crippen molar-refractivity contribution in [2.75, 3.05) is 0 Å². The van der Waals surface area contributed by atoms with Gasteiger partial charge in [0.1, 0.15) is 5.82 Å². The molecule has 5 heteroatoms. The fourth-order valence-corrected chi connectivity index (χ4v) is 4.64. The molecule has 4 aromatic carbocycles. The Balaban J connectivity index is 1.48. The van der Waals surface area contributed by atoms with Crippen molar-refractivity contribution in [3.8, 4) is 17.1 Å². The maximum atomic E-state index is 6.24. The van der Waals surface area contributed by atoms with Crippen LogP contribution in [0.4, 0.5) is 0 Å². The summed E-state index contributed by atoms with van der Waals surface area (Å²) in [6.45, 7) is 8.31. The average Bonchev–Trinajstić information content (AvgIpc) is 3.32. The van der Waals surface area contributed by atoms with Crippen LogP contribution in [0, 0.1) is 0 Å². The minimum Gasteiger partial charge on any atom is -0.399 e. The maximum absolute atomic E-state index is 6.24. The monoisotopic (exact) mass is 446 g/mol. The molecule has 0 atom stereocenters. The Hall–Kier alpha value is -3.41. The zero-order valence-electron chi connectivity index (χ0n) is 19.9. The summed E-state index contributed by atoms with van der Waals surface area (Å²) in [5, 5.41) is 2.41. The number of fused-ring (bicyclic) bond motifs is 2. The molecule has 1 aliphatic rings. The zero-order chi connectivity index (χ0) is 23.5. The van der Waals surface area contributed by atoms with Gasteiger partial charge in [0.15, 0.2) is 0 Å². The molecular weight excluding hydrogens is 419 g/mol. The summed E-state index contributed by atoms with van der Waals surface area (Å²) >= 11 is 0. The predicted octanol–water partition coefficient (Wildman–Crippen LogP) is 6.14. The summed E-state index contributed by atoms with van der Waals surface area (Å²) in [5.41, 5.74) is 4.51. The van der Waals surface area contributed by atoms with E-state index in [1.807, 2.05) is 6.07 Å². The molecule has 0 aliphatic carbocycles. The van der Waals surface area contributed by atoms with Gasteiger partial charge in [-0.1, -0.05) is 72.8 Å². The Morgan fingerprint density at radius 3 is 2.12 bits per heavy atom. The molecule has 0 bridgehead atoms. The van der Waals surface area contributed by atoms with Gasteiger partial charge in [-0.2, -0.15) is 0 Å². The number of nitrogens with zero attached hydrogens (tertiary/aromatic N) is 2. The number of para-hydroxylation sites is 2. The highest BCUT2D eigenvalue weighted by Crippen LogP contribution is 2.37. The molecule has 34 heavy (non-hydrogen) atoms. The van der Waals surface area contributed by atoms with Crippen molar-refractivity contribution in [1.82, 2.24) is 9.55 Å². The summed E-state index contributed by atoms with van der Waals surface area (Å²) in [4.78, 5) is 5.04. The maximum Gasteiger partial charge on any atom is 0.494 e. The molecule has 2 heterocycles. The summed E-state index contributed by atoms with van der Waals surface area (Å²) in [7, 11) is -0.379. The summed E-state index contributed by atoms with van der Waals surface area (Å²) < 4.78 is 14.7. The molecular formula is C29H27BN2O2. The molecule has 0 amide bonds. The molecule has 168 valence electrons. The van der Waals surface area contributed by atoms with Crippen molar-refractivity contribution in [2.45, 2.75) is 38.9 Å². The SMILES string of the molecule is CC1(C)OB(c2ccc(-c3nc4ccccc4n3-c3cccc4ccccc34)cc2)OC1(C)C. The van der Waals surface area contributed by atoms with Crippen LogP contribution in [0.25, 0.3) is 38.9 Å². The van der Waals surface area contributed by atoms with Gasteiger partial charge in [0, 0.05) is 10.9 Å². The number of aromatic nitrogens is 2. The number of hydrogen-bond acceptors (Lipinski definition) is 3. The van der Waals surface area contributed by atoms with E-state index in [1.165, 1.54) is 10.8 Å². The standard InChI is InChI=1S/C29H27BN2O2/c1-28(2)29(3,4)34-30(33-28)22-18-16-21(17-19-22)27-31-24-13-7-8-14-26(24)32(27)25-15-9-11-20-10-5-6-12-23(20)25/h5-19H,1-4H3. The smallest absolute Gasteiger partial charge is 0.399 e. The molecule has 5 aromatic rings. The van der Waals surface area contributed by atoms with Crippen molar-refractivity contribution in [2.24, 2.45) is 0 Å². The van der Waals surface area contributed by atoms with Crippen molar-refractivity contribution in [1.29, 1.82) is 0 Å². The lowest BCUT2D eigenvalue weighted by Gasteiger charge is -2.32. The van der Waals surface area contributed by atoms with Crippen LogP contribution >= 0.6 is 0 Å². The van der Waals surface area contributed by atoms with Crippen molar-refractivity contribution >= 4 is 34.4 Å². The molecule has 1 aliphatic heterocycles. The van der Waals surface area contributed by atoms with Crippen LogP contribution in [0.2, 0.25) is 0 Å². The van der Waals surface area contributed by atoms with Crippen LogP contribution in [-0.4, -0.2) is 27.9 Å². The number of benzene rings is 4. The van der Waals surface area contributed by atoms with E-state index in [0.717, 1.165) is 33.6 Å². The van der Waals surface area contributed by atoms with Gasteiger partial charge in [0.2, 0.25) is 0 Å². The first kappa shape index (κ1) is 21.1. The highest BCUT2D eigenvalue weighted by Gasteiger charge is 2.51. The highest BCUT2D eigenvalue weighted by atomic mass is 16.7. The largest absolute Gasteiger partial charge is 0.494 e. The second-order valence-electron chi connectivity index (χ2n) is 9.97. The van der Waals surface area contributed by atoms with E-state index in [1.54, 1.807) is 0 Å². The highest BCUT2D eigenvalue weighted by molar-refractivity contribution is 6.62. The van der Waals surface area contributed by atoms with E-state index in [4.69, 9.17) is 14.3 Å². The summed E-state index contributed by atoms with van der Waals surface area (Å²) in [6.07, 6.45) is 0. The Labute approximate surface area is 200 Å². The molecule has 6 rings (SSSR count). The van der Waals surface area contributed by atoms with Crippen LogP contribution in [0.1, 0.15) is 27.7 Å². The van der Waals surface area contributed by atoms with Gasteiger partial charge in [-0.3, -0.25) is 4.57 Å². The third-order valence-electron chi connectivity index (χ3n) is 7.26. The molecule has 0 radical (unpaired) electrons. The lowest BCUT2D eigenvalue weighted by Crippen LogP contribution is -2.41. The molecule has 4 nitrogen and oxygen atoms in total. The van der Waals surface area contributed by atoms with Crippen LogP contribution < -0.4 is 5.46 Å². The van der Waals surface area contributed by atoms with Crippen molar-refractivity contribution in [3.05, 3.63) is 91.0 Å². The molecule has 0 spiro atoms. The van der Waals surface area contributed by atoms with Crippen LogP contribution in [0.5, 0.6) is 0 Å². The first-order valence-corrected chi connectivity index (χ1v) is 11.8. The first-order chi connectivity index (χ1) is 16.3. The molecule has 0 saturated carbocycles. The van der Waals surface area contributed by atoms with E-state index in [9.17, 15) is 0 Å². The van der Waals surface area contributed by atoms with Gasteiger partial charge >= 0.3 is 7.12 Å². The average molecular weight is 446 g/mol. The molecule has 1 fully saturated rings. The van der Waals surface area contributed by atoms with Crippen LogP contribution in [0.3, 0.4) is 0 Å². The third-order valence-corrected chi connectivity index (χ3v) is 7.26. The minimum absolute atomic E-state index is 0.362. The fourth-order valence-electron chi connectivity index (χ4n) is 4.64. The molecule has 1 saturated heterocycles. The lowest BCUT2D eigenvalue weighted by molar-refractivity contribution is 0.00578. The molecule has 1 aromatic heterocycles. The van der Waals surface area contributed by atoms with Crippen molar-refractivity contribution in [3.63, 3.8) is 0 Å². The first-order valence-electron chi connectivity index (χ1n) is 11.8. The van der Waals surface area contributed by atoms with E-state index in [-0.39, 0.29) is 18.3 Å². The van der Waals surface area contributed by atoms with Gasteiger partial charge in [0.05, 0.1) is 27.9 Å². The van der Waals surface area contributed by atoms with E-state index in [2.05, 4.69) is 117 Å². The van der Waals surface area contributed by atoms with Gasteiger partial charge in [-0.05, 0) is 56.7 Å². The summed E-state index contributed by atoms with van der Waals surface area (Å²) in [6, 6.07) is 31.6. The predicted molar refractivity (Wildman–Crippen MR) is 140 cm³/mol. The Bertz CT molecular complexity index is 1500. The van der Waals surface area contributed by atoms with Crippen LogP contribution in [0.15, 0.2) is 91.0 Å². The van der Waals surface area contributed by atoms with Gasteiger partial charge in [-0.15, -0.1) is 0 Å².